The molecule has 0 aliphatic carbocycles. The molecule has 0 amide bonds. The molecular formula is C56H82F4N4O18. The van der Waals surface area contributed by atoms with Gasteiger partial charge < -0.3 is 63.1 Å². The van der Waals surface area contributed by atoms with Gasteiger partial charge in [0.05, 0.1) is 105 Å². The van der Waals surface area contributed by atoms with E-state index >= 15 is 0 Å². The van der Waals surface area contributed by atoms with E-state index < -0.39 is 78.0 Å². The van der Waals surface area contributed by atoms with Crippen molar-refractivity contribution in [2.75, 3.05) is 165 Å². The zero-order valence-electron chi connectivity index (χ0n) is 47.6. The zero-order valence-corrected chi connectivity index (χ0v) is 47.6. The summed E-state index contributed by atoms with van der Waals surface area (Å²) in [6.07, 6.45) is 1.08. The SMILES string of the molecule is CC.CC.COCCOCCOCCOCCOCCOCCOc1cc(CCCOc2ccc(CC3CN(CC(=O)O)CCN(CC(=O)O)CCN(CC(=O)O)CCN3CC(=O)O)cc2)ccc1C(=O)Oc1c(F)c(F)cc(F)c1F. The van der Waals surface area contributed by atoms with Crippen molar-refractivity contribution in [1.29, 1.82) is 0 Å². The number of nitrogens with zero attached hydrogens (tertiary/aromatic N) is 4. The second kappa shape index (κ2) is 42.7. The highest BCUT2D eigenvalue weighted by molar-refractivity contribution is 5.94. The summed E-state index contributed by atoms with van der Waals surface area (Å²) in [7, 11) is 1.59. The van der Waals surface area contributed by atoms with Crippen LogP contribution in [-0.4, -0.2) is 241 Å². The maximum Gasteiger partial charge on any atom is 0.347 e. The minimum Gasteiger partial charge on any atom is -0.494 e. The van der Waals surface area contributed by atoms with Gasteiger partial charge in [-0.3, -0.25) is 38.8 Å². The van der Waals surface area contributed by atoms with Crippen LogP contribution in [0.15, 0.2) is 48.5 Å². The number of carboxylic acid groups (broad SMARTS) is 4. The van der Waals surface area contributed by atoms with E-state index in [9.17, 15) is 62.0 Å². The Bertz CT molecular complexity index is 2300. The highest BCUT2D eigenvalue weighted by Gasteiger charge is 2.29. The van der Waals surface area contributed by atoms with Crippen molar-refractivity contribution in [3.8, 4) is 17.2 Å². The van der Waals surface area contributed by atoms with Crippen molar-refractivity contribution in [1.82, 2.24) is 19.6 Å². The van der Waals surface area contributed by atoms with Gasteiger partial charge in [0.15, 0.2) is 11.6 Å². The third-order valence-electron chi connectivity index (χ3n) is 11.8. The first-order valence-corrected chi connectivity index (χ1v) is 27.2. The lowest BCUT2D eigenvalue weighted by Gasteiger charge is -2.37. The molecule has 3 aromatic rings. The predicted octanol–water partition coefficient (Wildman–Crippen LogP) is 5.11. The second-order valence-electron chi connectivity index (χ2n) is 17.7. The molecule has 1 heterocycles. The minimum absolute atomic E-state index is 0.0162. The maximum atomic E-state index is 14.5. The van der Waals surface area contributed by atoms with Crippen molar-refractivity contribution in [2.24, 2.45) is 0 Å². The third kappa shape index (κ3) is 29.8. The third-order valence-corrected chi connectivity index (χ3v) is 11.8. The summed E-state index contributed by atoms with van der Waals surface area (Å²) >= 11 is 0. The molecule has 0 saturated carbocycles. The Balaban J connectivity index is 0.00000561. The molecule has 22 nitrogen and oxygen atoms in total. The number of ether oxygens (including phenoxy) is 9. The number of methoxy groups -OCH3 is 1. The predicted molar refractivity (Wildman–Crippen MR) is 291 cm³/mol. The van der Waals surface area contributed by atoms with Gasteiger partial charge >= 0.3 is 29.8 Å². The number of carboxylic acids is 4. The van der Waals surface area contributed by atoms with Gasteiger partial charge in [-0.15, -0.1) is 0 Å². The van der Waals surface area contributed by atoms with E-state index in [0.29, 0.717) is 77.0 Å². The highest BCUT2D eigenvalue weighted by Crippen LogP contribution is 2.30. The normalized spacial score (nSPS) is 14.7. The Hall–Kier alpha value is -6.07. The summed E-state index contributed by atoms with van der Waals surface area (Å²) in [5, 5.41) is 38.8. The molecule has 3 aromatic carbocycles. The van der Waals surface area contributed by atoms with Crippen LogP contribution >= 0.6 is 0 Å². The maximum absolute atomic E-state index is 14.5. The van der Waals surface area contributed by atoms with Crippen LogP contribution < -0.4 is 14.2 Å². The smallest absolute Gasteiger partial charge is 0.347 e. The van der Waals surface area contributed by atoms with Gasteiger partial charge in [0.1, 0.15) is 23.7 Å². The van der Waals surface area contributed by atoms with Gasteiger partial charge in [0, 0.05) is 65.0 Å². The molecular weight excluding hydrogens is 1090 g/mol. The van der Waals surface area contributed by atoms with Gasteiger partial charge in [-0.05, 0) is 54.7 Å². The summed E-state index contributed by atoms with van der Waals surface area (Å²) in [5.74, 6) is -14.3. The number of carbonyl (C=O) groups excluding carboxylic acids is 1. The number of esters is 1. The van der Waals surface area contributed by atoms with Crippen LogP contribution in [0.1, 0.15) is 55.6 Å². The number of halogens is 4. The Morgan fingerprint density at radius 1 is 0.512 bits per heavy atom. The van der Waals surface area contributed by atoms with E-state index in [1.54, 1.807) is 51.0 Å². The molecule has 4 N–H and O–H groups in total. The second-order valence-corrected chi connectivity index (χ2v) is 17.7. The van der Waals surface area contributed by atoms with Crippen LogP contribution in [0.5, 0.6) is 17.2 Å². The van der Waals surface area contributed by atoms with E-state index in [0.717, 1.165) is 5.56 Å². The molecule has 4 rings (SSSR count). The average molecular weight is 1180 g/mol. The van der Waals surface area contributed by atoms with Crippen LogP contribution in [0.3, 0.4) is 0 Å². The summed E-state index contributed by atoms with van der Waals surface area (Å²) in [6, 6.07) is 10.7. The van der Waals surface area contributed by atoms with Crippen molar-refractivity contribution in [3.63, 3.8) is 0 Å². The summed E-state index contributed by atoms with van der Waals surface area (Å²) in [5.41, 5.74) is 1.10. The molecule has 0 spiro atoms. The molecule has 1 aliphatic heterocycles. The van der Waals surface area contributed by atoms with E-state index in [2.05, 4.69) is 0 Å². The molecule has 1 atom stereocenters. The first kappa shape index (κ1) is 72.0. The molecule has 0 aromatic heterocycles. The Morgan fingerprint density at radius 3 is 1.44 bits per heavy atom. The summed E-state index contributed by atoms with van der Waals surface area (Å²) in [6.45, 7) is 11.4. The number of aliphatic carboxylic acids is 4. The standard InChI is InChI=1S/C52H70F4N4O18.2C2H6/c1-70-17-18-71-19-20-72-21-22-73-23-24-74-25-26-75-27-28-77-44-30-37(6-9-41(44)52(69)78-51-49(55)42(53)31-43(54)50(51)56)3-2-16-76-40-7-4-38(5-8-40)29-39-32-59(35-47(65)66)13-12-57(33-45(61)62)10-11-58(34-46(63)64)14-15-60(39)36-48(67)68;2*1-2/h4-9,30-31,39H,2-3,10-29,32-36H2,1H3,(H,61,62)(H,63,64)(H,65,66)(H,67,68);2*1-2H3. The van der Waals surface area contributed by atoms with Gasteiger partial charge in [-0.1, -0.05) is 45.9 Å². The van der Waals surface area contributed by atoms with E-state index in [-0.39, 0.29) is 116 Å². The molecule has 26 heteroatoms. The fourth-order valence-corrected chi connectivity index (χ4v) is 7.95. The van der Waals surface area contributed by atoms with Crippen molar-refractivity contribution < 1.29 is 105 Å². The average Bonchev–Trinajstić information content (AvgIpc) is 3.62. The van der Waals surface area contributed by atoms with Crippen LogP contribution in [-0.2, 0) is 60.4 Å². The molecule has 1 fully saturated rings. The fourth-order valence-electron chi connectivity index (χ4n) is 7.95. The van der Waals surface area contributed by atoms with Crippen LogP contribution in [0.4, 0.5) is 17.6 Å². The highest BCUT2D eigenvalue weighted by atomic mass is 19.2. The Morgan fingerprint density at radius 2 is 0.951 bits per heavy atom. The van der Waals surface area contributed by atoms with Gasteiger partial charge in [0.25, 0.3) is 0 Å². The van der Waals surface area contributed by atoms with Crippen molar-refractivity contribution in [2.45, 2.75) is 53.0 Å². The number of hydrogen-bond donors (Lipinski definition) is 4. The van der Waals surface area contributed by atoms with Crippen molar-refractivity contribution in [3.05, 3.63) is 88.5 Å². The lowest BCUT2D eigenvalue weighted by atomic mass is 10.0. The van der Waals surface area contributed by atoms with E-state index in [1.165, 1.54) is 18.2 Å². The first-order chi connectivity index (χ1) is 39.5. The first-order valence-electron chi connectivity index (χ1n) is 27.2. The molecule has 1 saturated heterocycles. The van der Waals surface area contributed by atoms with Gasteiger partial charge in [-0.2, -0.15) is 8.78 Å². The van der Waals surface area contributed by atoms with Crippen LogP contribution in [0, 0.1) is 23.3 Å². The number of aryl methyl sites for hydroxylation is 1. The Kier molecular flexibility index (Phi) is 37.5. The molecule has 462 valence electrons. The van der Waals surface area contributed by atoms with Gasteiger partial charge in [0.2, 0.25) is 17.4 Å². The fraction of sp³-hybridized carbons (Fsp3) is 0.589. The monoisotopic (exact) mass is 1170 g/mol. The molecule has 0 radical (unpaired) electrons. The van der Waals surface area contributed by atoms with Crippen LogP contribution in [0.2, 0.25) is 0 Å². The number of rotatable bonds is 36. The van der Waals surface area contributed by atoms with E-state index in [4.69, 9.17) is 42.6 Å². The van der Waals surface area contributed by atoms with Crippen molar-refractivity contribution >= 4 is 29.8 Å². The molecule has 0 bridgehead atoms. The summed E-state index contributed by atoms with van der Waals surface area (Å²) in [4.78, 5) is 67.3. The zero-order chi connectivity index (χ0) is 60.7. The Labute approximate surface area is 476 Å². The topological polar surface area (TPSA) is 262 Å². The summed E-state index contributed by atoms with van der Waals surface area (Å²) < 4.78 is 106. The molecule has 1 aliphatic rings. The lowest BCUT2D eigenvalue weighted by molar-refractivity contribution is -0.142. The number of hydrogen-bond acceptors (Lipinski definition) is 18. The quantitative estimate of drug-likeness (QED) is 0.0194. The molecule has 82 heavy (non-hydrogen) atoms. The minimum atomic E-state index is -1.90. The lowest BCUT2D eigenvalue weighted by Crippen LogP contribution is -2.53. The van der Waals surface area contributed by atoms with Crippen LogP contribution in [0.25, 0.3) is 0 Å². The number of benzene rings is 3. The van der Waals surface area contributed by atoms with E-state index in [1.807, 2.05) is 27.7 Å². The largest absolute Gasteiger partial charge is 0.494 e. The molecule has 1 unspecified atom stereocenters. The van der Waals surface area contributed by atoms with Gasteiger partial charge in [-0.25, -0.2) is 13.6 Å². The number of carbonyl (C=O) groups is 5.